The maximum absolute atomic E-state index is 10.3. The van der Waals surface area contributed by atoms with Gasteiger partial charge >= 0.3 is 0 Å². The number of piperidine rings is 1. The highest BCUT2D eigenvalue weighted by Crippen LogP contribution is 2.23. The molecule has 1 aliphatic rings. The molecule has 1 unspecified atom stereocenters. The van der Waals surface area contributed by atoms with Crippen molar-refractivity contribution in [2.75, 3.05) is 19.6 Å². The molecule has 0 bridgehead atoms. The van der Waals surface area contributed by atoms with Crippen molar-refractivity contribution in [3.8, 4) is 6.07 Å². The minimum absolute atomic E-state index is 0.471. The summed E-state index contributed by atoms with van der Waals surface area (Å²) in [5, 5.41) is 23.5. The first-order valence-corrected chi connectivity index (χ1v) is 7.66. The van der Waals surface area contributed by atoms with Crippen LogP contribution in [-0.2, 0) is 0 Å². The molecule has 1 saturated heterocycles. The second-order valence-electron chi connectivity index (χ2n) is 5.77. The first kappa shape index (κ1) is 14.8. The van der Waals surface area contributed by atoms with Gasteiger partial charge in [-0.1, -0.05) is 12.1 Å². The largest absolute Gasteiger partial charge is 0.387 e. The summed E-state index contributed by atoms with van der Waals surface area (Å²) in [6, 6.07) is 11.7. The highest BCUT2D eigenvalue weighted by Gasteiger charge is 2.22. The summed E-state index contributed by atoms with van der Waals surface area (Å²) in [6.45, 7) is 2.58. The van der Waals surface area contributed by atoms with E-state index in [4.69, 9.17) is 5.26 Å². The van der Waals surface area contributed by atoms with Gasteiger partial charge in [0.2, 0.25) is 0 Å². The third kappa shape index (κ3) is 3.35. The van der Waals surface area contributed by atoms with Gasteiger partial charge in [0.05, 0.1) is 23.8 Å². The Hall–Kier alpha value is -2.16. The van der Waals surface area contributed by atoms with Crippen molar-refractivity contribution < 1.29 is 5.11 Å². The summed E-state index contributed by atoms with van der Waals surface area (Å²) < 4.78 is 2.04. The molecule has 114 valence electrons. The maximum atomic E-state index is 10.3. The van der Waals surface area contributed by atoms with E-state index in [0.717, 1.165) is 31.5 Å². The Bertz CT molecular complexity index is 622. The SMILES string of the molecule is N#Cc1ccc(C(O)CN2CCC(n3cccn3)CC2)cc1. The van der Waals surface area contributed by atoms with Crippen LogP contribution in [0.1, 0.15) is 36.1 Å². The number of rotatable bonds is 4. The smallest absolute Gasteiger partial charge is 0.0991 e. The second kappa shape index (κ2) is 6.73. The molecule has 2 aromatic rings. The van der Waals surface area contributed by atoms with Crippen molar-refractivity contribution in [2.45, 2.75) is 25.0 Å². The lowest BCUT2D eigenvalue weighted by molar-refractivity contribution is 0.0890. The molecular formula is C17H20N4O. The van der Waals surface area contributed by atoms with Crippen molar-refractivity contribution in [2.24, 2.45) is 0 Å². The van der Waals surface area contributed by atoms with Crippen molar-refractivity contribution >= 4 is 0 Å². The van der Waals surface area contributed by atoms with Crippen LogP contribution in [0.3, 0.4) is 0 Å². The van der Waals surface area contributed by atoms with E-state index in [1.54, 1.807) is 12.1 Å². The van der Waals surface area contributed by atoms with Crippen molar-refractivity contribution in [1.82, 2.24) is 14.7 Å². The van der Waals surface area contributed by atoms with E-state index in [9.17, 15) is 5.11 Å². The van der Waals surface area contributed by atoms with Crippen molar-refractivity contribution in [3.05, 3.63) is 53.9 Å². The Balaban J connectivity index is 1.52. The van der Waals surface area contributed by atoms with Crippen molar-refractivity contribution in [1.29, 1.82) is 5.26 Å². The summed E-state index contributed by atoms with van der Waals surface area (Å²) in [7, 11) is 0. The minimum atomic E-state index is -0.506. The summed E-state index contributed by atoms with van der Waals surface area (Å²) >= 11 is 0. The number of aliphatic hydroxyl groups is 1. The van der Waals surface area contributed by atoms with Gasteiger partial charge in [0.25, 0.3) is 0 Å². The van der Waals surface area contributed by atoms with Crippen LogP contribution in [0.15, 0.2) is 42.7 Å². The third-order valence-corrected chi connectivity index (χ3v) is 4.31. The topological polar surface area (TPSA) is 65.1 Å². The number of nitriles is 1. The van der Waals surface area contributed by atoms with Gasteiger partial charge in [-0.25, -0.2) is 0 Å². The number of aromatic nitrogens is 2. The molecule has 1 aromatic heterocycles. The third-order valence-electron chi connectivity index (χ3n) is 4.31. The Morgan fingerprint density at radius 1 is 1.27 bits per heavy atom. The van der Waals surface area contributed by atoms with Gasteiger partial charge in [0.1, 0.15) is 0 Å². The van der Waals surface area contributed by atoms with Crippen LogP contribution in [0.25, 0.3) is 0 Å². The quantitative estimate of drug-likeness (QED) is 0.938. The van der Waals surface area contributed by atoms with E-state index >= 15 is 0 Å². The second-order valence-corrected chi connectivity index (χ2v) is 5.77. The highest BCUT2D eigenvalue weighted by molar-refractivity contribution is 5.32. The average molecular weight is 296 g/mol. The number of aliphatic hydroxyl groups excluding tert-OH is 1. The first-order valence-electron chi connectivity index (χ1n) is 7.66. The summed E-state index contributed by atoms with van der Waals surface area (Å²) in [5.74, 6) is 0. The van der Waals surface area contributed by atoms with Crippen LogP contribution < -0.4 is 0 Å². The molecule has 5 nitrogen and oxygen atoms in total. The first-order chi connectivity index (χ1) is 10.8. The molecule has 0 saturated carbocycles. The zero-order chi connectivity index (χ0) is 15.4. The predicted octanol–water partition coefficient (Wildman–Crippen LogP) is 2.13. The Morgan fingerprint density at radius 3 is 2.59 bits per heavy atom. The average Bonchev–Trinajstić information content (AvgIpc) is 3.10. The molecule has 22 heavy (non-hydrogen) atoms. The Kier molecular flexibility index (Phi) is 4.52. The lowest BCUT2D eigenvalue weighted by Crippen LogP contribution is -2.37. The van der Waals surface area contributed by atoms with E-state index < -0.39 is 6.10 Å². The number of benzene rings is 1. The predicted molar refractivity (Wildman–Crippen MR) is 83.1 cm³/mol. The molecule has 0 radical (unpaired) electrons. The van der Waals surface area contributed by atoms with Crippen molar-refractivity contribution in [3.63, 3.8) is 0 Å². The van der Waals surface area contributed by atoms with Crippen LogP contribution >= 0.6 is 0 Å². The van der Waals surface area contributed by atoms with E-state index in [1.807, 2.05) is 35.3 Å². The number of hydrogen-bond acceptors (Lipinski definition) is 4. The molecule has 1 aliphatic heterocycles. The molecule has 1 N–H and O–H groups in total. The number of likely N-dealkylation sites (tertiary alicyclic amines) is 1. The molecule has 1 atom stereocenters. The molecule has 2 heterocycles. The van der Waals surface area contributed by atoms with E-state index in [-0.39, 0.29) is 0 Å². The monoisotopic (exact) mass is 296 g/mol. The normalized spacial score (nSPS) is 18.0. The fraction of sp³-hybridized carbons (Fsp3) is 0.412. The molecule has 1 aromatic carbocycles. The van der Waals surface area contributed by atoms with Gasteiger partial charge in [-0.15, -0.1) is 0 Å². The molecule has 3 rings (SSSR count). The van der Waals surface area contributed by atoms with Crippen LogP contribution in [0.2, 0.25) is 0 Å². The van der Waals surface area contributed by atoms with Gasteiger partial charge in [0, 0.05) is 32.0 Å². The number of β-amino-alcohol motifs (C(OH)–C–C–N with tert-alkyl or cyclic N) is 1. The summed E-state index contributed by atoms with van der Waals surface area (Å²) in [6.07, 6.45) is 5.45. The van der Waals surface area contributed by atoms with Gasteiger partial charge < -0.3 is 10.0 Å². The zero-order valence-electron chi connectivity index (χ0n) is 12.5. The standard InChI is InChI=1S/C17H20N4O/c18-12-14-2-4-15(5-3-14)17(22)13-20-10-6-16(7-11-20)21-9-1-8-19-21/h1-5,8-9,16-17,22H,6-7,10-11,13H2. The highest BCUT2D eigenvalue weighted by atomic mass is 16.3. The van der Waals surface area contributed by atoms with Gasteiger partial charge in [-0.3, -0.25) is 4.68 Å². The Morgan fingerprint density at radius 2 is 2.00 bits per heavy atom. The molecule has 0 aliphatic carbocycles. The minimum Gasteiger partial charge on any atom is -0.387 e. The zero-order valence-corrected chi connectivity index (χ0v) is 12.5. The number of hydrogen-bond donors (Lipinski definition) is 1. The lowest BCUT2D eigenvalue weighted by Gasteiger charge is -2.33. The molecule has 0 amide bonds. The lowest BCUT2D eigenvalue weighted by atomic mass is 10.0. The van der Waals surface area contributed by atoms with Crippen LogP contribution in [0.5, 0.6) is 0 Å². The molecule has 5 heteroatoms. The van der Waals surface area contributed by atoms with Gasteiger partial charge in [-0.2, -0.15) is 10.4 Å². The fourth-order valence-corrected chi connectivity index (χ4v) is 2.99. The summed E-state index contributed by atoms with van der Waals surface area (Å²) in [5.41, 5.74) is 1.49. The van der Waals surface area contributed by atoms with E-state index in [1.165, 1.54) is 0 Å². The molecular weight excluding hydrogens is 276 g/mol. The maximum Gasteiger partial charge on any atom is 0.0991 e. The number of nitrogens with zero attached hydrogens (tertiary/aromatic N) is 4. The van der Waals surface area contributed by atoms with Crippen LogP contribution in [0, 0.1) is 11.3 Å². The molecule has 1 fully saturated rings. The van der Waals surface area contributed by atoms with Gasteiger partial charge in [-0.05, 0) is 36.6 Å². The van der Waals surface area contributed by atoms with Crippen LogP contribution in [-0.4, -0.2) is 39.4 Å². The summed E-state index contributed by atoms with van der Waals surface area (Å²) in [4.78, 5) is 2.29. The molecule has 0 spiro atoms. The van der Waals surface area contributed by atoms with E-state index in [2.05, 4.69) is 16.1 Å². The fourth-order valence-electron chi connectivity index (χ4n) is 2.99. The van der Waals surface area contributed by atoms with Gasteiger partial charge in [0.15, 0.2) is 0 Å². The van der Waals surface area contributed by atoms with Crippen LogP contribution in [0.4, 0.5) is 0 Å². The van der Waals surface area contributed by atoms with E-state index in [0.29, 0.717) is 18.2 Å². The Labute approximate surface area is 130 Å².